The maximum Gasteiger partial charge on any atom is 0.472 e. The van der Waals surface area contributed by atoms with Crippen molar-refractivity contribution in [3.05, 3.63) is 0 Å². The van der Waals surface area contributed by atoms with E-state index in [1.807, 2.05) is 0 Å². The third-order valence-electron chi connectivity index (χ3n) is 20.0. The molecule has 0 bridgehead atoms. The van der Waals surface area contributed by atoms with Gasteiger partial charge in [0.15, 0.2) is 12.2 Å². The quantitative estimate of drug-likeness (QED) is 0.0222. The minimum absolute atomic E-state index is 0.104. The third kappa shape index (κ3) is 73.6. The van der Waals surface area contributed by atoms with Crippen LogP contribution in [0, 0.1) is 23.7 Å². The van der Waals surface area contributed by atoms with E-state index in [2.05, 4.69) is 55.4 Å². The molecule has 0 aliphatic carbocycles. The highest BCUT2D eigenvalue weighted by Crippen LogP contribution is 2.45. The zero-order valence-electron chi connectivity index (χ0n) is 67.2. The van der Waals surface area contributed by atoms with Gasteiger partial charge < -0.3 is 33.8 Å². The van der Waals surface area contributed by atoms with Crippen molar-refractivity contribution in [2.24, 2.45) is 23.7 Å². The Kier molecular flexibility index (Phi) is 70.6. The molecule has 0 amide bonds. The molecule has 0 aliphatic rings. The third-order valence-corrected chi connectivity index (χ3v) is 21.9. The van der Waals surface area contributed by atoms with Gasteiger partial charge >= 0.3 is 39.5 Å². The van der Waals surface area contributed by atoms with E-state index in [1.54, 1.807) is 0 Å². The maximum absolute atomic E-state index is 13.1. The van der Waals surface area contributed by atoms with E-state index < -0.39 is 97.5 Å². The molecule has 0 radical (unpaired) electrons. The lowest BCUT2D eigenvalue weighted by Gasteiger charge is -2.21. The van der Waals surface area contributed by atoms with Gasteiger partial charge in [-0.05, 0) is 49.4 Å². The fraction of sp³-hybridized carbons (Fsp3) is 0.952. The van der Waals surface area contributed by atoms with Crippen LogP contribution in [0.5, 0.6) is 0 Å². The molecule has 0 aromatic heterocycles. The summed E-state index contributed by atoms with van der Waals surface area (Å²) < 4.78 is 68.7. The van der Waals surface area contributed by atoms with E-state index in [0.717, 1.165) is 114 Å². The molecule has 4 unspecified atom stereocenters. The number of esters is 4. The smallest absolute Gasteiger partial charge is 0.462 e. The molecule has 0 saturated carbocycles. The predicted molar refractivity (Wildman–Crippen MR) is 418 cm³/mol. The summed E-state index contributed by atoms with van der Waals surface area (Å²) in [7, 11) is -9.92. The van der Waals surface area contributed by atoms with Crippen molar-refractivity contribution in [1.29, 1.82) is 0 Å². The van der Waals surface area contributed by atoms with E-state index in [0.29, 0.717) is 31.6 Å². The summed E-state index contributed by atoms with van der Waals surface area (Å²) in [6.07, 6.45) is 59.9. The highest BCUT2D eigenvalue weighted by Gasteiger charge is 2.30. The lowest BCUT2D eigenvalue weighted by atomic mass is 9.99. The van der Waals surface area contributed by atoms with Gasteiger partial charge in [-0.15, -0.1) is 0 Å². The molecule has 606 valence electrons. The van der Waals surface area contributed by atoms with Crippen molar-refractivity contribution < 1.29 is 80.2 Å². The van der Waals surface area contributed by atoms with Gasteiger partial charge in [0.1, 0.15) is 19.3 Å². The Morgan fingerprint density at radius 3 is 0.696 bits per heavy atom. The number of hydrogen-bond donors (Lipinski definition) is 3. The number of hydrogen-bond acceptors (Lipinski definition) is 15. The van der Waals surface area contributed by atoms with Gasteiger partial charge in [-0.2, -0.15) is 0 Å². The second-order valence-electron chi connectivity index (χ2n) is 31.3. The van der Waals surface area contributed by atoms with Gasteiger partial charge in [0.2, 0.25) is 0 Å². The second-order valence-corrected chi connectivity index (χ2v) is 34.2. The number of phosphoric acid groups is 2. The molecule has 17 nitrogen and oxygen atoms in total. The highest BCUT2D eigenvalue weighted by molar-refractivity contribution is 7.47. The normalized spacial score (nSPS) is 14.5. The van der Waals surface area contributed by atoms with Crippen LogP contribution < -0.4 is 0 Å². The molecule has 102 heavy (non-hydrogen) atoms. The lowest BCUT2D eigenvalue weighted by molar-refractivity contribution is -0.161. The molecule has 0 fully saturated rings. The monoisotopic (exact) mass is 1490 g/mol. The summed E-state index contributed by atoms with van der Waals surface area (Å²) in [6.45, 7) is 14.3. The van der Waals surface area contributed by atoms with Crippen LogP contribution in [-0.4, -0.2) is 96.7 Å². The predicted octanol–water partition coefficient (Wildman–Crippen LogP) is 24.8. The van der Waals surface area contributed by atoms with Gasteiger partial charge in [0, 0.05) is 25.7 Å². The average molecular weight is 1490 g/mol. The van der Waals surface area contributed by atoms with Crippen molar-refractivity contribution >= 4 is 39.5 Å². The summed E-state index contributed by atoms with van der Waals surface area (Å²) in [5.74, 6) is 1.02. The molecule has 19 heteroatoms. The Balaban J connectivity index is 5.19. The number of aliphatic hydroxyl groups is 1. The van der Waals surface area contributed by atoms with Crippen LogP contribution >= 0.6 is 15.6 Å². The Morgan fingerprint density at radius 2 is 0.471 bits per heavy atom. The van der Waals surface area contributed by atoms with Gasteiger partial charge in [-0.1, -0.05) is 376 Å². The zero-order valence-corrected chi connectivity index (χ0v) is 69.0. The van der Waals surface area contributed by atoms with Crippen molar-refractivity contribution in [1.82, 2.24) is 0 Å². The summed E-state index contributed by atoms with van der Waals surface area (Å²) >= 11 is 0. The first-order chi connectivity index (χ1) is 49.2. The summed E-state index contributed by atoms with van der Waals surface area (Å²) in [6, 6.07) is 0. The molecule has 0 aromatic carbocycles. The summed E-state index contributed by atoms with van der Waals surface area (Å²) in [5.41, 5.74) is 0. The lowest BCUT2D eigenvalue weighted by Crippen LogP contribution is -2.30. The number of rotatable bonds is 80. The topological polar surface area (TPSA) is 237 Å². The largest absolute Gasteiger partial charge is 0.472 e. The first-order valence-corrected chi connectivity index (χ1v) is 45.8. The molecule has 0 spiro atoms. The number of carbonyl (C=O) groups excluding carboxylic acids is 4. The van der Waals surface area contributed by atoms with Crippen LogP contribution in [0.1, 0.15) is 428 Å². The summed E-state index contributed by atoms with van der Waals surface area (Å²) in [4.78, 5) is 73.0. The van der Waals surface area contributed by atoms with E-state index in [-0.39, 0.29) is 25.7 Å². The fourth-order valence-corrected chi connectivity index (χ4v) is 14.3. The Hall–Kier alpha value is -1.94. The number of aliphatic hydroxyl groups excluding tert-OH is 1. The van der Waals surface area contributed by atoms with Crippen molar-refractivity contribution in [3.8, 4) is 0 Å². The van der Waals surface area contributed by atoms with Crippen molar-refractivity contribution in [2.75, 3.05) is 39.6 Å². The minimum Gasteiger partial charge on any atom is -0.462 e. The Bertz CT molecular complexity index is 1990. The minimum atomic E-state index is -4.96. The molecular formula is C83H162O17P2. The van der Waals surface area contributed by atoms with E-state index in [1.165, 1.54) is 225 Å². The summed E-state index contributed by atoms with van der Waals surface area (Å²) in [5, 5.41) is 10.6. The molecule has 0 heterocycles. The van der Waals surface area contributed by atoms with Crippen molar-refractivity contribution in [3.63, 3.8) is 0 Å². The van der Waals surface area contributed by atoms with E-state index >= 15 is 0 Å². The SMILES string of the molecule is CCC(C)CCCCCCCCCCCCCCCCCCCCC(=O)OC[C@H](COP(=O)(O)OC[C@@H](O)COP(=O)(O)OC[C@@H](COC(=O)CCCCCCCCC(C)C)OC(=O)CCCCCCCCCCC(C)CC)OC(=O)CCCCCCCCCCCCCCCCCCC(C)C. The van der Waals surface area contributed by atoms with Gasteiger partial charge in [-0.3, -0.25) is 37.3 Å². The van der Waals surface area contributed by atoms with Gasteiger partial charge in [0.25, 0.3) is 0 Å². The molecule has 3 N–H and O–H groups in total. The zero-order chi connectivity index (χ0) is 75.3. The van der Waals surface area contributed by atoms with Crippen molar-refractivity contribution in [2.45, 2.75) is 446 Å². The first kappa shape index (κ1) is 100. The number of carbonyl (C=O) groups is 4. The molecule has 0 rings (SSSR count). The molecule has 0 aliphatic heterocycles. The molecule has 7 atom stereocenters. The molecular weight excluding hydrogens is 1330 g/mol. The molecule has 0 aromatic rings. The number of phosphoric ester groups is 2. The van der Waals surface area contributed by atoms with Gasteiger partial charge in [0.05, 0.1) is 26.4 Å². The van der Waals surface area contributed by atoms with Crippen LogP contribution in [0.4, 0.5) is 0 Å². The number of unbranched alkanes of at least 4 members (excludes halogenated alkanes) is 44. The van der Waals surface area contributed by atoms with Crippen LogP contribution in [0.15, 0.2) is 0 Å². The van der Waals surface area contributed by atoms with Crippen LogP contribution in [0.25, 0.3) is 0 Å². The van der Waals surface area contributed by atoms with Crippen LogP contribution in [0.3, 0.4) is 0 Å². The highest BCUT2D eigenvalue weighted by atomic mass is 31.2. The van der Waals surface area contributed by atoms with Crippen LogP contribution in [-0.2, 0) is 65.4 Å². The molecule has 0 saturated heterocycles. The first-order valence-electron chi connectivity index (χ1n) is 42.8. The maximum atomic E-state index is 13.1. The second kappa shape index (κ2) is 72.0. The standard InChI is InChI=1S/C83H162O17P2/c1-9-75(7)61-53-45-36-30-26-22-18-13-11-12-14-19-23-27-31-38-47-55-63-80(85)93-69-78(99-82(87)65-57-49-39-32-28-24-20-16-15-17-21-25-29-35-43-51-59-73(3)4)71-97-101(89,90)95-67-77(84)68-96-102(91,92)98-72-79(70-94-81(86)64-56-48-42-41-44-52-60-74(5)6)100-83(88)66-58-50-40-34-33-37-46-54-62-76(8)10-2/h73-79,84H,9-72H2,1-8H3,(H,89,90)(H,91,92)/t75?,76?,77-,78-,79-/m1/s1. The average Bonchev–Trinajstić information content (AvgIpc) is 0.910. The van der Waals surface area contributed by atoms with E-state index in [4.69, 9.17) is 37.0 Å². The van der Waals surface area contributed by atoms with Gasteiger partial charge in [-0.25, -0.2) is 9.13 Å². The Morgan fingerprint density at radius 1 is 0.275 bits per heavy atom. The fourth-order valence-electron chi connectivity index (χ4n) is 12.7. The number of ether oxygens (including phenoxy) is 4. The van der Waals surface area contributed by atoms with E-state index in [9.17, 15) is 43.2 Å². The van der Waals surface area contributed by atoms with Crippen LogP contribution in [0.2, 0.25) is 0 Å². The Labute approximate surface area is 626 Å².